The van der Waals surface area contributed by atoms with Crippen LogP contribution in [0.4, 0.5) is 0 Å². The van der Waals surface area contributed by atoms with Gasteiger partial charge in [-0.3, -0.25) is 0 Å². The second kappa shape index (κ2) is 15.9. The molecule has 11 aromatic rings. The van der Waals surface area contributed by atoms with Crippen LogP contribution in [0, 0.1) is 0 Å². The van der Waals surface area contributed by atoms with Crippen LogP contribution in [0.2, 0.25) is 0 Å². The summed E-state index contributed by atoms with van der Waals surface area (Å²) in [5.74, 6) is 3.40. The summed E-state index contributed by atoms with van der Waals surface area (Å²) in [6.07, 6.45) is 0. The van der Waals surface area contributed by atoms with Crippen molar-refractivity contribution in [3.63, 3.8) is 0 Å². The van der Waals surface area contributed by atoms with E-state index in [1.54, 1.807) is 0 Å². The summed E-state index contributed by atoms with van der Waals surface area (Å²) in [5, 5.41) is 4.65. The molecule has 0 atom stereocenters. The molecule has 0 amide bonds. The van der Waals surface area contributed by atoms with Gasteiger partial charge in [0.25, 0.3) is 0 Å². The van der Waals surface area contributed by atoms with Gasteiger partial charge in [0.1, 0.15) is 0 Å². The van der Waals surface area contributed by atoms with Crippen LogP contribution >= 0.6 is 0 Å². The fourth-order valence-corrected chi connectivity index (χ4v) is 8.25. The molecule has 9 aromatic carbocycles. The summed E-state index contributed by atoms with van der Waals surface area (Å²) in [5.41, 5.74) is 9.51. The molecule has 2 aromatic heterocycles. The number of hydrogen-bond donors (Lipinski definition) is 0. The molecule has 0 radical (unpaired) electrons. The van der Waals surface area contributed by atoms with Crippen molar-refractivity contribution in [2.24, 2.45) is 0 Å². The third kappa shape index (κ3) is 6.95. The monoisotopic (exact) mass is 792 g/mol. The first kappa shape index (κ1) is 36.6. The average Bonchev–Trinajstić information content (AvgIpc) is 3.37. The predicted molar refractivity (Wildman–Crippen MR) is 252 cm³/mol. The molecule has 2 heterocycles. The van der Waals surface area contributed by atoms with E-state index >= 15 is 0 Å². The van der Waals surface area contributed by atoms with Gasteiger partial charge in [-0.1, -0.05) is 200 Å². The van der Waals surface area contributed by atoms with Crippen LogP contribution in [0.1, 0.15) is 0 Å². The zero-order valence-electron chi connectivity index (χ0n) is 33.5. The summed E-state index contributed by atoms with van der Waals surface area (Å²) >= 11 is 0. The Balaban J connectivity index is 1.25. The van der Waals surface area contributed by atoms with Gasteiger partial charge >= 0.3 is 0 Å². The molecule has 0 spiro atoms. The van der Waals surface area contributed by atoms with Crippen LogP contribution in [0.25, 0.3) is 112 Å². The minimum absolute atomic E-state index is 0.535. The lowest BCUT2D eigenvalue weighted by Crippen LogP contribution is -2.02. The van der Waals surface area contributed by atoms with Crippen LogP contribution in [-0.4, -0.2) is 29.9 Å². The van der Waals surface area contributed by atoms with E-state index in [2.05, 4.69) is 97.1 Å². The number of nitrogens with zero attached hydrogens (tertiary/aromatic N) is 6. The molecule has 0 unspecified atom stereocenters. The highest BCUT2D eigenvalue weighted by atomic mass is 15.0. The highest BCUT2D eigenvalue weighted by Crippen LogP contribution is 2.46. The van der Waals surface area contributed by atoms with Gasteiger partial charge in [0.05, 0.1) is 0 Å². The van der Waals surface area contributed by atoms with Crippen molar-refractivity contribution in [2.75, 3.05) is 0 Å². The van der Waals surface area contributed by atoms with Crippen molar-refractivity contribution >= 4 is 21.5 Å². The topological polar surface area (TPSA) is 77.3 Å². The molecule has 0 saturated carbocycles. The smallest absolute Gasteiger partial charge is 0.164 e. The van der Waals surface area contributed by atoms with Crippen molar-refractivity contribution in [1.29, 1.82) is 0 Å². The minimum Gasteiger partial charge on any atom is -0.208 e. The first-order valence-electron chi connectivity index (χ1n) is 20.6. The largest absolute Gasteiger partial charge is 0.208 e. The third-order valence-electron chi connectivity index (χ3n) is 11.1. The Labute approximate surface area is 359 Å². The summed E-state index contributed by atoms with van der Waals surface area (Å²) < 4.78 is 0. The summed E-state index contributed by atoms with van der Waals surface area (Å²) in [6.45, 7) is 0. The Morgan fingerprint density at radius 3 is 0.726 bits per heavy atom. The lowest BCUT2D eigenvalue weighted by molar-refractivity contribution is 1.07. The molecule has 0 N–H and O–H groups in total. The second-order valence-corrected chi connectivity index (χ2v) is 15.1. The highest BCUT2D eigenvalue weighted by molar-refractivity contribution is 6.21. The molecular weight excluding hydrogens is 757 g/mol. The molecule has 0 bridgehead atoms. The number of benzene rings is 9. The molecule has 6 heteroatoms. The van der Waals surface area contributed by atoms with E-state index in [1.807, 2.05) is 121 Å². The van der Waals surface area contributed by atoms with Crippen molar-refractivity contribution in [3.05, 3.63) is 218 Å². The number of hydrogen-bond acceptors (Lipinski definition) is 6. The molecule has 0 fully saturated rings. The van der Waals surface area contributed by atoms with Gasteiger partial charge in [-0.05, 0) is 62.0 Å². The number of rotatable bonds is 8. The lowest BCUT2D eigenvalue weighted by Gasteiger charge is -2.20. The van der Waals surface area contributed by atoms with Crippen LogP contribution in [0.5, 0.6) is 0 Å². The zero-order chi connectivity index (χ0) is 41.2. The fourth-order valence-electron chi connectivity index (χ4n) is 8.25. The second-order valence-electron chi connectivity index (χ2n) is 15.1. The summed E-state index contributed by atoms with van der Waals surface area (Å²) in [6, 6.07) is 74.8. The summed E-state index contributed by atoms with van der Waals surface area (Å²) in [7, 11) is 0. The van der Waals surface area contributed by atoms with Crippen LogP contribution in [0.15, 0.2) is 218 Å². The molecule has 0 aliphatic carbocycles. The Morgan fingerprint density at radius 1 is 0.177 bits per heavy atom. The van der Waals surface area contributed by atoms with E-state index in [-0.39, 0.29) is 0 Å². The molecule has 0 aliphatic rings. The normalized spacial score (nSPS) is 11.2. The number of aromatic nitrogens is 6. The third-order valence-corrected chi connectivity index (χ3v) is 11.1. The van der Waals surface area contributed by atoms with Crippen molar-refractivity contribution in [1.82, 2.24) is 29.9 Å². The van der Waals surface area contributed by atoms with Gasteiger partial charge in [0, 0.05) is 33.4 Å². The maximum absolute atomic E-state index is 5.22. The van der Waals surface area contributed by atoms with E-state index in [1.165, 1.54) is 10.8 Å². The Kier molecular flexibility index (Phi) is 9.41. The van der Waals surface area contributed by atoms with Gasteiger partial charge in [0.15, 0.2) is 34.9 Å². The number of fused-ring (bicyclic) bond motifs is 3. The summed E-state index contributed by atoms with van der Waals surface area (Å²) in [4.78, 5) is 30.9. The maximum atomic E-state index is 5.22. The predicted octanol–water partition coefficient (Wildman–Crippen LogP) is 13.7. The van der Waals surface area contributed by atoms with Crippen LogP contribution in [-0.2, 0) is 0 Å². The fraction of sp³-hybridized carbons (Fsp3) is 0. The van der Waals surface area contributed by atoms with E-state index in [4.69, 9.17) is 29.9 Å². The van der Waals surface area contributed by atoms with Crippen LogP contribution < -0.4 is 0 Å². The molecule has 11 rings (SSSR count). The maximum Gasteiger partial charge on any atom is 0.164 e. The van der Waals surface area contributed by atoms with E-state index in [9.17, 15) is 0 Å². The average molecular weight is 793 g/mol. The van der Waals surface area contributed by atoms with Gasteiger partial charge < -0.3 is 0 Å². The highest BCUT2D eigenvalue weighted by Gasteiger charge is 2.22. The van der Waals surface area contributed by atoms with Crippen molar-refractivity contribution < 1.29 is 0 Å². The van der Waals surface area contributed by atoms with E-state index < -0.39 is 0 Å². The zero-order valence-corrected chi connectivity index (χ0v) is 33.5. The Bertz CT molecular complexity index is 3120. The molecular formula is C56H36N6. The lowest BCUT2D eigenvalue weighted by atomic mass is 9.84. The first-order valence-corrected chi connectivity index (χ1v) is 20.6. The molecule has 62 heavy (non-hydrogen) atoms. The van der Waals surface area contributed by atoms with Gasteiger partial charge in [-0.25, -0.2) is 29.9 Å². The Hall–Kier alpha value is -8.48. The van der Waals surface area contributed by atoms with Crippen LogP contribution in [0.3, 0.4) is 0 Å². The SMILES string of the molecule is c1ccc(-c2nc(-c3ccccc3)nc(-c3cc(-c4nc(-c5ccccc5)nc(-c5ccccc5)n4)cc(-c4c(-c5ccccc5)c5ccccc5c5ccccc45)c3)n2)cc1. The van der Waals surface area contributed by atoms with Gasteiger partial charge in [0.2, 0.25) is 0 Å². The van der Waals surface area contributed by atoms with Gasteiger partial charge in [-0.15, -0.1) is 0 Å². The van der Waals surface area contributed by atoms with E-state index in [0.29, 0.717) is 34.9 Å². The molecule has 0 aliphatic heterocycles. The van der Waals surface area contributed by atoms with Gasteiger partial charge in [-0.2, -0.15) is 0 Å². The van der Waals surface area contributed by atoms with Crippen molar-refractivity contribution in [3.8, 4) is 90.6 Å². The standard InChI is InChI=1S/C56H36N6/c1-6-20-37(21-7-1)49-47-32-18-16-30-45(47)46-31-17-19-33-48(46)50(49)42-34-43(55-59-51(38-22-8-2-9-23-38)57-52(60-55)39-24-10-3-11-25-39)36-44(35-42)56-61-53(40-26-12-4-13-27-40)58-54(62-56)41-28-14-5-15-29-41/h1-36H. The first-order chi connectivity index (χ1) is 30.7. The molecule has 0 saturated heterocycles. The Morgan fingerprint density at radius 2 is 0.403 bits per heavy atom. The van der Waals surface area contributed by atoms with E-state index in [0.717, 1.165) is 66.4 Å². The quantitative estimate of drug-likeness (QED) is 0.143. The molecule has 290 valence electrons. The molecule has 6 nitrogen and oxygen atoms in total. The minimum atomic E-state index is 0.535. The van der Waals surface area contributed by atoms with Crippen molar-refractivity contribution in [2.45, 2.75) is 0 Å².